The molecule has 0 radical (unpaired) electrons. The first-order chi connectivity index (χ1) is 13.1. The predicted octanol–water partition coefficient (Wildman–Crippen LogP) is 0.615. The zero-order valence-corrected chi connectivity index (χ0v) is 16.2. The Hall–Kier alpha value is -2.53. The summed E-state index contributed by atoms with van der Waals surface area (Å²) in [5.41, 5.74) is 3.33. The van der Waals surface area contributed by atoms with Crippen LogP contribution in [0.4, 0.5) is 4.79 Å². The highest BCUT2D eigenvalue weighted by Gasteiger charge is 2.33. The zero-order valence-electron chi connectivity index (χ0n) is 16.2. The van der Waals surface area contributed by atoms with Gasteiger partial charge in [0.05, 0.1) is 0 Å². The molecule has 1 rings (SSSR count). The van der Waals surface area contributed by atoms with Crippen molar-refractivity contribution in [2.24, 2.45) is 0 Å². The smallest absolute Gasteiger partial charge is 0.428 e. The van der Waals surface area contributed by atoms with Gasteiger partial charge < -0.3 is 25.0 Å². The van der Waals surface area contributed by atoms with Crippen LogP contribution in [0.25, 0.3) is 0 Å². The van der Waals surface area contributed by atoms with E-state index in [1.165, 1.54) is 11.5 Å². The number of carboxylic acid groups (broad SMARTS) is 1. The summed E-state index contributed by atoms with van der Waals surface area (Å²) in [4.78, 5) is 40.2. The van der Waals surface area contributed by atoms with Crippen LogP contribution in [0.5, 0.6) is 5.75 Å². The van der Waals surface area contributed by atoms with Crippen LogP contribution in [0, 0.1) is 0 Å². The van der Waals surface area contributed by atoms with Crippen LogP contribution in [0.15, 0.2) is 18.2 Å². The summed E-state index contributed by atoms with van der Waals surface area (Å²) in [5, 5.41) is 27.4. The van der Waals surface area contributed by atoms with Crippen LogP contribution in [0.3, 0.4) is 0 Å². The van der Waals surface area contributed by atoms with Crippen molar-refractivity contribution in [2.75, 3.05) is 14.1 Å². The number of aliphatic hydroxyl groups excluding tert-OH is 2. The molecular formula is C18H26N2O8. The summed E-state index contributed by atoms with van der Waals surface area (Å²) in [6.45, 7) is 4.03. The number of benzene rings is 1. The molecule has 156 valence electrons. The number of ketones is 1. The summed E-state index contributed by atoms with van der Waals surface area (Å²) in [6.07, 6.45) is -4.49. The van der Waals surface area contributed by atoms with Gasteiger partial charge in [-0.15, -0.1) is 0 Å². The van der Waals surface area contributed by atoms with Crippen LogP contribution in [-0.2, 0) is 20.8 Å². The number of ether oxygens (including phenoxy) is 1. The molecule has 0 heterocycles. The summed E-state index contributed by atoms with van der Waals surface area (Å²) in [5.74, 6) is -2.80. The van der Waals surface area contributed by atoms with Gasteiger partial charge in [-0.2, -0.15) is 5.48 Å². The van der Waals surface area contributed by atoms with Gasteiger partial charge in [-0.1, -0.05) is 19.4 Å². The van der Waals surface area contributed by atoms with Gasteiger partial charge in [0.2, 0.25) is 6.29 Å². The highest BCUT2D eigenvalue weighted by atomic mass is 16.7. The number of nitrogens with one attached hydrogen (secondary N) is 1. The summed E-state index contributed by atoms with van der Waals surface area (Å²) in [6, 6.07) is 5.01. The van der Waals surface area contributed by atoms with Gasteiger partial charge in [0.25, 0.3) is 5.78 Å². The van der Waals surface area contributed by atoms with Gasteiger partial charge in [-0.25, -0.2) is 14.4 Å². The molecule has 1 aromatic carbocycles. The normalized spacial score (nSPS) is 14.2. The number of rotatable bonds is 10. The fourth-order valence-electron chi connectivity index (χ4n) is 2.38. The lowest BCUT2D eigenvalue weighted by Crippen LogP contribution is -2.44. The number of hydroxylamine groups is 1. The Bertz CT molecular complexity index is 707. The number of carbonyl (C=O) groups excluding carboxylic acids is 2. The maximum atomic E-state index is 12.0. The zero-order chi connectivity index (χ0) is 21.4. The SMILES string of the molecule is CCCc1ccc(OC(=O)C(=O)C(O)C(O)ONC(=O)O)cc1C(C)N(C)C. The average Bonchev–Trinajstić information content (AvgIpc) is 2.65. The highest BCUT2D eigenvalue weighted by molar-refractivity contribution is 6.36. The Morgan fingerprint density at radius 2 is 1.86 bits per heavy atom. The van der Waals surface area contributed by atoms with E-state index in [0.717, 1.165) is 24.0 Å². The van der Waals surface area contributed by atoms with Crippen molar-refractivity contribution in [3.05, 3.63) is 29.3 Å². The largest absolute Gasteiger partial charge is 0.464 e. The quantitative estimate of drug-likeness (QED) is 0.146. The highest BCUT2D eigenvalue weighted by Crippen LogP contribution is 2.27. The lowest BCUT2D eigenvalue weighted by atomic mass is 9.97. The standard InChI is InChI=1S/C18H26N2O8/c1-5-6-11-7-8-12(9-13(11)10(2)20(3)4)27-16(23)14(21)15(22)17(24)28-19-18(25)26/h7-10,15,17,19,22,24H,5-6H2,1-4H3,(H,25,26). The lowest BCUT2D eigenvalue weighted by Gasteiger charge is -2.23. The Kier molecular flexibility index (Phi) is 9.00. The minimum absolute atomic E-state index is 0.0267. The Morgan fingerprint density at radius 1 is 1.21 bits per heavy atom. The lowest BCUT2D eigenvalue weighted by molar-refractivity contribution is -0.194. The van der Waals surface area contributed by atoms with Gasteiger partial charge in [-0.05, 0) is 50.7 Å². The molecule has 0 bridgehead atoms. The minimum atomic E-state index is -2.32. The number of Topliss-reactive ketones (excluding diaryl/α,β-unsaturated/α-hetero) is 1. The monoisotopic (exact) mass is 398 g/mol. The van der Waals surface area contributed by atoms with E-state index < -0.39 is 30.2 Å². The second-order valence-electron chi connectivity index (χ2n) is 6.36. The van der Waals surface area contributed by atoms with E-state index in [2.05, 4.69) is 4.84 Å². The van der Waals surface area contributed by atoms with Gasteiger partial charge in [0.1, 0.15) is 5.75 Å². The van der Waals surface area contributed by atoms with Crippen molar-refractivity contribution in [2.45, 2.75) is 45.1 Å². The number of hydrogen-bond acceptors (Lipinski definition) is 8. The molecule has 0 aliphatic rings. The first-order valence-corrected chi connectivity index (χ1v) is 8.64. The van der Waals surface area contributed by atoms with E-state index >= 15 is 0 Å². The first-order valence-electron chi connectivity index (χ1n) is 8.64. The topological polar surface area (TPSA) is 146 Å². The molecule has 0 saturated carbocycles. The third kappa shape index (κ3) is 6.57. The molecule has 1 aromatic rings. The number of esters is 1. The molecule has 28 heavy (non-hydrogen) atoms. The fraction of sp³-hybridized carbons (Fsp3) is 0.500. The van der Waals surface area contributed by atoms with Crippen LogP contribution < -0.4 is 10.2 Å². The second kappa shape index (κ2) is 10.7. The fourth-order valence-corrected chi connectivity index (χ4v) is 2.38. The number of carbonyl (C=O) groups is 3. The number of hydrogen-bond donors (Lipinski definition) is 4. The molecule has 4 N–H and O–H groups in total. The third-order valence-electron chi connectivity index (χ3n) is 4.08. The summed E-state index contributed by atoms with van der Waals surface area (Å²) < 4.78 is 5.01. The summed E-state index contributed by atoms with van der Waals surface area (Å²) >= 11 is 0. The van der Waals surface area contributed by atoms with Gasteiger partial charge in [-0.3, -0.25) is 4.79 Å². The van der Waals surface area contributed by atoms with Crippen molar-refractivity contribution in [1.82, 2.24) is 10.4 Å². The number of aliphatic hydroxyl groups is 2. The van der Waals surface area contributed by atoms with Crippen molar-refractivity contribution in [3.63, 3.8) is 0 Å². The molecule has 0 aromatic heterocycles. The molecule has 0 saturated heterocycles. The summed E-state index contributed by atoms with van der Waals surface area (Å²) in [7, 11) is 3.82. The maximum Gasteiger partial charge on any atom is 0.428 e. The molecular weight excluding hydrogens is 372 g/mol. The Balaban J connectivity index is 2.91. The number of amides is 1. The molecule has 3 atom stereocenters. The molecule has 10 heteroatoms. The average molecular weight is 398 g/mol. The van der Waals surface area contributed by atoms with Crippen LogP contribution in [0.2, 0.25) is 0 Å². The van der Waals surface area contributed by atoms with Crippen molar-refractivity contribution in [3.8, 4) is 5.75 Å². The molecule has 0 fully saturated rings. The minimum Gasteiger partial charge on any atom is -0.464 e. The Labute approximate surface area is 162 Å². The maximum absolute atomic E-state index is 12.0. The van der Waals surface area contributed by atoms with Crippen LogP contribution >= 0.6 is 0 Å². The number of nitrogens with zero attached hydrogens (tertiary/aromatic N) is 1. The number of aryl methyl sites for hydroxylation is 1. The molecule has 0 aliphatic heterocycles. The Morgan fingerprint density at radius 3 is 2.39 bits per heavy atom. The first kappa shape index (κ1) is 23.5. The van der Waals surface area contributed by atoms with Crippen molar-refractivity contribution in [1.29, 1.82) is 0 Å². The van der Waals surface area contributed by atoms with E-state index in [9.17, 15) is 24.6 Å². The molecule has 0 spiro atoms. The van der Waals surface area contributed by atoms with E-state index in [4.69, 9.17) is 9.84 Å². The van der Waals surface area contributed by atoms with Crippen LogP contribution in [0.1, 0.15) is 37.4 Å². The predicted molar refractivity (Wildman–Crippen MR) is 97.4 cm³/mol. The van der Waals surface area contributed by atoms with Crippen LogP contribution in [-0.4, -0.2) is 64.6 Å². The third-order valence-corrected chi connectivity index (χ3v) is 4.08. The molecule has 0 aliphatic carbocycles. The molecule has 3 unspecified atom stereocenters. The van der Waals surface area contributed by atoms with E-state index in [1.54, 1.807) is 12.1 Å². The van der Waals surface area contributed by atoms with Crippen molar-refractivity contribution >= 4 is 17.8 Å². The van der Waals surface area contributed by atoms with E-state index in [-0.39, 0.29) is 11.8 Å². The molecule has 1 amide bonds. The van der Waals surface area contributed by atoms with Crippen molar-refractivity contribution < 1.29 is 39.3 Å². The second-order valence-corrected chi connectivity index (χ2v) is 6.36. The molecule has 10 nitrogen and oxygen atoms in total. The van der Waals surface area contributed by atoms with Gasteiger partial charge >= 0.3 is 12.1 Å². The van der Waals surface area contributed by atoms with Gasteiger partial charge in [0, 0.05) is 6.04 Å². The van der Waals surface area contributed by atoms with Gasteiger partial charge in [0.15, 0.2) is 6.10 Å². The van der Waals surface area contributed by atoms with E-state index in [1.807, 2.05) is 32.8 Å². The van der Waals surface area contributed by atoms with E-state index in [0.29, 0.717) is 0 Å².